The molecule has 0 radical (unpaired) electrons. The van der Waals surface area contributed by atoms with Gasteiger partial charge in [-0.25, -0.2) is 9.69 Å². The highest BCUT2D eigenvalue weighted by molar-refractivity contribution is 6.73. The van der Waals surface area contributed by atoms with E-state index in [9.17, 15) is 24.5 Å². The molecule has 1 fully saturated rings. The molecule has 0 bridgehead atoms. The summed E-state index contributed by atoms with van der Waals surface area (Å²) < 4.78 is 17.1. The summed E-state index contributed by atoms with van der Waals surface area (Å²) >= 11 is 0. The third-order valence-corrected chi connectivity index (χ3v) is 11.3. The third-order valence-electron chi connectivity index (χ3n) is 6.64. The Labute approximate surface area is 213 Å². The molecule has 2 amide bonds. The number of imide groups is 1. The first-order valence-electron chi connectivity index (χ1n) is 12.5. The summed E-state index contributed by atoms with van der Waals surface area (Å²) in [5, 5.41) is 11.1. The molecule has 200 valence electrons. The summed E-state index contributed by atoms with van der Waals surface area (Å²) in [6.07, 6.45) is -0.921. The average molecular weight is 523 g/mol. The number of hydrogen-bond donors (Lipinski definition) is 0. The lowest BCUT2D eigenvalue weighted by molar-refractivity contribution is -0.384. The van der Waals surface area contributed by atoms with Crippen LogP contribution in [0.25, 0.3) is 0 Å². The van der Waals surface area contributed by atoms with Crippen LogP contribution in [0.5, 0.6) is 0 Å². The first kappa shape index (κ1) is 29.4. The Balaban J connectivity index is 2.40. The van der Waals surface area contributed by atoms with Gasteiger partial charge in [0.2, 0.25) is 5.91 Å². The van der Waals surface area contributed by atoms with Crippen molar-refractivity contribution in [3.8, 4) is 0 Å². The Morgan fingerprint density at radius 1 is 1.00 bits per heavy atom. The second-order valence-electron chi connectivity index (χ2n) is 9.95. The van der Waals surface area contributed by atoms with Crippen molar-refractivity contribution in [2.45, 2.75) is 72.2 Å². The van der Waals surface area contributed by atoms with Crippen LogP contribution in [-0.2, 0) is 23.5 Å². The first-order chi connectivity index (χ1) is 16.8. The van der Waals surface area contributed by atoms with Crippen molar-refractivity contribution in [1.29, 1.82) is 0 Å². The molecule has 0 saturated heterocycles. The number of carbonyl (C=O) groups is 3. The Bertz CT molecular complexity index is 948. The average Bonchev–Trinajstić information content (AvgIpc) is 3.54. The van der Waals surface area contributed by atoms with Crippen LogP contribution >= 0.6 is 0 Å². The minimum atomic E-state index is -1.98. The number of carbonyl (C=O) groups excluding carboxylic acids is 3. The van der Waals surface area contributed by atoms with E-state index in [2.05, 4.69) is 20.8 Å². The summed E-state index contributed by atoms with van der Waals surface area (Å²) in [7, 11) is -1.98. The van der Waals surface area contributed by atoms with Gasteiger partial charge in [-0.3, -0.25) is 19.7 Å². The van der Waals surface area contributed by atoms with Crippen molar-refractivity contribution in [2.75, 3.05) is 18.1 Å². The zero-order valence-corrected chi connectivity index (χ0v) is 23.2. The Morgan fingerprint density at radius 3 is 2.00 bits per heavy atom. The lowest BCUT2D eigenvalue weighted by Gasteiger charge is -2.28. The van der Waals surface area contributed by atoms with Crippen molar-refractivity contribution in [3.05, 3.63) is 34.4 Å². The monoisotopic (exact) mass is 522 g/mol. The highest BCUT2D eigenvalue weighted by atomic mass is 28.4. The van der Waals surface area contributed by atoms with Gasteiger partial charge in [0.25, 0.3) is 5.69 Å². The molecule has 1 saturated carbocycles. The van der Waals surface area contributed by atoms with Crippen molar-refractivity contribution < 1.29 is 33.2 Å². The van der Waals surface area contributed by atoms with E-state index >= 15 is 0 Å². The van der Waals surface area contributed by atoms with E-state index in [1.165, 1.54) is 24.3 Å². The van der Waals surface area contributed by atoms with Gasteiger partial charge in [-0.2, -0.15) is 0 Å². The zero-order chi connectivity index (χ0) is 27.3. The molecule has 2 rings (SSSR count). The molecule has 3 atom stereocenters. The molecule has 1 aliphatic carbocycles. The quantitative estimate of drug-likeness (QED) is 0.166. The molecule has 0 aromatic heterocycles. The van der Waals surface area contributed by atoms with Crippen LogP contribution in [0.1, 0.15) is 48.5 Å². The Morgan fingerprint density at radius 2 is 1.56 bits per heavy atom. The van der Waals surface area contributed by atoms with E-state index in [1.54, 1.807) is 27.7 Å². The van der Waals surface area contributed by atoms with Gasteiger partial charge in [-0.15, -0.1) is 0 Å². The summed E-state index contributed by atoms with van der Waals surface area (Å²) in [6.45, 7) is 13.4. The van der Waals surface area contributed by atoms with Gasteiger partial charge in [0, 0.05) is 24.7 Å². The van der Waals surface area contributed by atoms with E-state index in [0.717, 1.165) is 23.0 Å². The number of ether oxygens (including phenoxy) is 2. The molecule has 0 N–H and O–H groups in total. The van der Waals surface area contributed by atoms with Crippen LogP contribution in [0.2, 0.25) is 18.1 Å². The summed E-state index contributed by atoms with van der Waals surface area (Å²) in [5.74, 6) is -3.13. The van der Waals surface area contributed by atoms with Crippen LogP contribution in [-0.4, -0.2) is 50.0 Å². The van der Waals surface area contributed by atoms with Crippen molar-refractivity contribution in [3.63, 3.8) is 0 Å². The molecule has 0 spiro atoms. The van der Waals surface area contributed by atoms with Crippen LogP contribution in [0.15, 0.2) is 24.3 Å². The maximum absolute atomic E-state index is 13.8. The fraction of sp³-hybridized carbons (Fsp3) is 0.640. The van der Waals surface area contributed by atoms with E-state index in [-0.39, 0.29) is 24.6 Å². The topological polar surface area (TPSA) is 125 Å². The van der Waals surface area contributed by atoms with E-state index in [0.29, 0.717) is 0 Å². The molecule has 1 aromatic carbocycles. The van der Waals surface area contributed by atoms with Gasteiger partial charge in [0.05, 0.1) is 29.1 Å². The predicted molar refractivity (Wildman–Crippen MR) is 137 cm³/mol. The number of nitrogens with zero attached hydrogens (tertiary/aromatic N) is 2. The van der Waals surface area contributed by atoms with E-state index in [1.807, 2.05) is 0 Å². The van der Waals surface area contributed by atoms with Crippen molar-refractivity contribution >= 4 is 37.7 Å². The molecule has 0 aliphatic heterocycles. The first-order valence-corrected chi connectivity index (χ1v) is 15.0. The maximum Gasteiger partial charge on any atom is 0.421 e. The lowest BCUT2D eigenvalue weighted by atomic mass is 10.2. The number of benzene rings is 1. The Kier molecular flexibility index (Phi) is 9.78. The fourth-order valence-corrected chi connectivity index (χ4v) is 6.97. The normalized spacial score (nSPS) is 19.4. The van der Waals surface area contributed by atoms with Crippen molar-refractivity contribution in [2.24, 2.45) is 17.8 Å². The van der Waals surface area contributed by atoms with Gasteiger partial charge in [0.1, 0.15) is 5.60 Å². The van der Waals surface area contributed by atoms with Gasteiger partial charge in [-0.1, -0.05) is 20.8 Å². The molecular formula is C25H38N2O8Si. The molecule has 1 aromatic rings. The number of esters is 1. The van der Waals surface area contributed by atoms with E-state index < -0.39 is 54.6 Å². The molecule has 0 heterocycles. The highest BCUT2D eigenvalue weighted by Gasteiger charge is 2.62. The summed E-state index contributed by atoms with van der Waals surface area (Å²) in [4.78, 5) is 51.0. The fourth-order valence-electron chi connectivity index (χ4n) is 4.31. The standard InChI is InChI=1S/C25H38N2O8Si/c1-8-33-23(29)21-19(16-34-36(9-2,10-3)11-4)20(21)22(28)26(24(30)35-25(5,6)7)17-12-14-18(15-13-17)27(31)32/h12-15,19-21H,8-11,16H2,1-7H3/t19-,20+,21-/m1/s1. The highest BCUT2D eigenvalue weighted by Crippen LogP contribution is 2.50. The number of rotatable bonds is 11. The van der Waals surface area contributed by atoms with Gasteiger partial charge >= 0.3 is 12.1 Å². The van der Waals surface area contributed by atoms with Crippen molar-refractivity contribution in [1.82, 2.24) is 0 Å². The second-order valence-corrected chi connectivity index (χ2v) is 14.7. The third kappa shape index (κ3) is 6.91. The summed E-state index contributed by atoms with van der Waals surface area (Å²) in [5.41, 5.74) is -0.955. The van der Waals surface area contributed by atoms with Gasteiger partial charge < -0.3 is 13.9 Å². The SMILES string of the molecule is CCOC(=O)[C@@H]1[C@H](CO[Si](CC)(CC)CC)[C@@H]1C(=O)N(C(=O)OC(C)(C)C)c1ccc([N+](=O)[O-])cc1. The Hall–Kier alpha value is -2.79. The second kappa shape index (κ2) is 12.0. The number of hydrogen-bond acceptors (Lipinski definition) is 8. The molecule has 1 aliphatic rings. The molecule has 10 nitrogen and oxygen atoms in total. The number of nitro benzene ring substituents is 1. The number of nitro groups is 1. The largest absolute Gasteiger partial charge is 0.466 e. The van der Waals surface area contributed by atoms with Crippen LogP contribution in [0.4, 0.5) is 16.2 Å². The molecular weight excluding hydrogens is 484 g/mol. The summed E-state index contributed by atoms with van der Waals surface area (Å²) in [6, 6.07) is 7.81. The molecule has 36 heavy (non-hydrogen) atoms. The number of non-ortho nitro benzene ring substituents is 1. The van der Waals surface area contributed by atoms with Gasteiger partial charge in [-0.05, 0) is 58.0 Å². The smallest absolute Gasteiger partial charge is 0.421 e. The molecule has 11 heteroatoms. The van der Waals surface area contributed by atoms with Crippen LogP contribution in [0, 0.1) is 27.9 Å². The minimum Gasteiger partial charge on any atom is -0.466 e. The van der Waals surface area contributed by atoms with Gasteiger partial charge in [0.15, 0.2) is 8.32 Å². The maximum atomic E-state index is 13.8. The van der Waals surface area contributed by atoms with Crippen LogP contribution in [0.3, 0.4) is 0 Å². The number of amides is 2. The van der Waals surface area contributed by atoms with E-state index in [4.69, 9.17) is 13.9 Å². The minimum absolute atomic E-state index is 0.119. The van der Waals surface area contributed by atoms with Crippen LogP contribution < -0.4 is 4.90 Å². The lowest BCUT2D eigenvalue weighted by Crippen LogP contribution is -2.42. The zero-order valence-electron chi connectivity index (χ0n) is 22.2. The predicted octanol–water partition coefficient (Wildman–Crippen LogP) is 5.31. The molecule has 0 unspecified atom stereocenters. The number of anilines is 1.